The Morgan fingerprint density at radius 2 is 0.415 bits per heavy atom. The number of hydrogen-bond donors (Lipinski definition) is 0. The average molecular weight is 1240 g/mol. The number of benzene rings is 9. The smallest absolute Gasteiger partial charge is 0.232 e. The van der Waals surface area contributed by atoms with Crippen LogP contribution in [0.15, 0.2) is 146 Å². The van der Waals surface area contributed by atoms with Crippen molar-refractivity contribution in [3.8, 4) is 28.8 Å². The van der Waals surface area contributed by atoms with Gasteiger partial charge in [-0.15, -0.1) is 0 Å². The van der Waals surface area contributed by atoms with Crippen molar-refractivity contribution in [2.24, 2.45) is 0 Å². The molecule has 4 heterocycles. The van der Waals surface area contributed by atoms with E-state index in [1.807, 2.05) is 0 Å². The number of nitriles is 1. The van der Waals surface area contributed by atoms with Crippen molar-refractivity contribution < 1.29 is 0 Å². The highest BCUT2D eigenvalue weighted by Gasteiger charge is 2.37. The maximum atomic E-state index is 12.9. The Hall–Kier alpha value is -8.84. The van der Waals surface area contributed by atoms with E-state index in [0.29, 0.717) is 16.9 Å². The Bertz CT molecular complexity index is 4820. The van der Waals surface area contributed by atoms with E-state index in [4.69, 9.17) is 4.85 Å². The van der Waals surface area contributed by atoms with Gasteiger partial charge in [-0.3, -0.25) is 0 Å². The molecule has 94 heavy (non-hydrogen) atoms. The highest BCUT2D eigenvalue weighted by atomic mass is 15.2. The van der Waals surface area contributed by atoms with Crippen LogP contribution in [0.2, 0.25) is 0 Å². The fourth-order valence-corrected chi connectivity index (χ4v) is 14.5. The molecule has 478 valence electrons. The Balaban J connectivity index is 1.41. The normalized spacial score (nSPS) is 13.5. The van der Waals surface area contributed by atoms with E-state index in [-0.39, 0.29) is 49.0 Å². The van der Waals surface area contributed by atoms with Crippen molar-refractivity contribution in [2.75, 3.05) is 0 Å². The minimum atomic E-state index is -0.170. The van der Waals surface area contributed by atoms with Crippen molar-refractivity contribution in [1.29, 1.82) is 5.26 Å². The first-order valence-corrected chi connectivity index (χ1v) is 34.0. The molecule has 0 amide bonds. The fourth-order valence-electron chi connectivity index (χ4n) is 14.5. The van der Waals surface area contributed by atoms with Gasteiger partial charge >= 0.3 is 0 Å². The Labute approximate surface area is 558 Å². The van der Waals surface area contributed by atoms with Gasteiger partial charge in [-0.2, -0.15) is 5.26 Å². The van der Waals surface area contributed by atoms with E-state index >= 15 is 0 Å². The molecule has 0 unspecified atom stereocenters. The lowest BCUT2D eigenvalue weighted by molar-refractivity contribution is 0.590. The number of aromatic nitrogens is 4. The molecule has 13 aromatic rings. The zero-order valence-corrected chi connectivity index (χ0v) is 60.5. The summed E-state index contributed by atoms with van der Waals surface area (Å²) in [5.74, 6) is 0. The van der Waals surface area contributed by atoms with E-state index in [2.05, 4.69) is 336 Å². The number of hydrogen-bond acceptors (Lipinski definition) is 1. The zero-order valence-electron chi connectivity index (χ0n) is 60.5. The minimum absolute atomic E-state index is 0.166. The summed E-state index contributed by atoms with van der Waals surface area (Å²) in [5, 5.41) is 21.8. The van der Waals surface area contributed by atoms with Gasteiger partial charge in [-0.05, 0) is 185 Å². The van der Waals surface area contributed by atoms with Crippen LogP contribution in [0.1, 0.15) is 216 Å². The monoisotopic (exact) mass is 1240 g/mol. The van der Waals surface area contributed by atoms with Crippen LogP contribution < -0.4 is 0 Å². The second-order valence-electron chi connectivity index (χ2n) is 35.5. The number of rotatable bonds is 4. The first kappa shape index (κ1) is 63.9. The summed E-state index contributed by atoms with van der Waals surface area (Å²) in [6.45, 7) is 65.1. The summed E-state index contributed by atoms with van der Waals surface area (Å²) in [6.07, 6.45) is 0. The maximum Gasteiger partial charge on any atom is 0.232 e. The molecule has 6 nitrogen and oxygen atoms in total. The summed E-state index contributed by atoms with van der Waals surface area (Å²) < 4.78 is 9.77. The van der Waals surface area contributed by atoms with E-state index in [0.717, 1.165) is 98.6 Å². The Morgan fingerprint density at radius 3 is 0.574 bits per heavy atom. The molecule has 0 N–H and O–H groups in total. The van der Waals surface area contributed by atoms with Crippen LogP contribution in [0.5, 0.6) is 0 Å². The third-order valence-corrected chi connectivity index (χ3v) is 20.5. The van der Waals surface area contributed by atoms with E-state index < -0.39 is 0 Å². The molecule has 0 spiro atoms. The van der Waals surface area contributed by atoms with Crippen molar-refractivity contribution in [1.82, 2.24) is 18.3 Å². The van der Waals surface area contributed by atoms with Gasteiger partial charge in [0.05, 0.1) is 85.1 Å². The molecule has 9 aromatic carbocycles. The molecular formula is C88H96N6. The third-order valence-electron chi connectivity index (χ3n) is 20.5. The molecule has 0 atom stereocenters. The van der Waals surface area contributed by atoms with Crippen LogP contribution in [0.25, 0.3) is 115 Å². The van der Waals surface area contributed by atoms with Crippen molar-refractivity contribution in [3.63, 3.8) is 0 Å². The summed E-state index contributed by atoms with van der Waals surface area (Å²) in [6, 6.07) is 59.1. The van der Waals surface area contributed by atoms with Crippen LogP contribution in [0.4, 0.5) is 5.69 Å². The first-order chi connectivity index (χ1) is 43.6. The highest BCUT2D eigenvalue weighted by Crippen LogP contribution is 2.54. The molecule has 0 saturated carbocycles. The predicted octanol–water partition coefficient (Wildman–Crippen LogP) is 24.9. The molecule has 6 heteroatoms. The van der Waals surface area contributed by atoms with Crippen LogP contribution >= 0.6 is 0 Å². The van der Waals surface area contributed by atoms with E-state index in [9.17, 15) is 11.8 Å². The molecule has 0 aliphatic heterocycles. The zero-order chi connectivity index (χ0) is 68.0. The lowest BCUT2D eigenvalue weighted by Crippen LogP contribution is -2.16. The van der Waals surface area contributed by atoms with Crippen LogP contribution in [0, 0.1) is 17.9 Å². The first-order valence-electron chi connectivity index (χ1n) is 34.0. The molecule has 0 radical (unpaired) electrons. The van der Waals surface area contributed by atoms with Crippen LogP contribution in [-0.4, -0.2) is 18.3 Å². The highest BCUT2D eigenvalue weighted by molar-refractivity contribution is 6.17. The van der Waals surface area contributed by atoms with Crippen molar-refractivity contribution in [2.45, 2.75) is 209 Å². The Kier molecular flexibility index (Phi) is 14.2. The largest absolute Gasteiger partial charge is 0.317 e. The van der Waals surface area contributed by atoms with Gasteiger partial charge in [-0.25, -0.2) is 4.85 Å². The summed E-state index contributed by atoms with van der Waals surface area (Å²) in [5.41, 5.74) is 19.8. The number of nitrogens with zero attached hydrogens (tertiary/aromatic N) is 6. The van der Waals surface area contributed by atoms with Gasteiger partial charge in [0.2, 0.25) is 5.69 Å². The molecule has 0 fully saturated rings. The molecule has 0 aliphatic carbocycles. The van der Waals surface area contributed by atoms with Gasteiger partial charge in [-0.1, -0.05) is 215 Å². The van der Waals surface area contributed by atoms with Crippen LogP contribution in [0.3, 0.4) is 0 Å². The predicted molar refractivity (Wildman–Crippen MR) is 404 cm³/mol. The maximum absolute atomic E-state index is 12.9. The van der Waals surface area contributed by atoms with Gasteiger partial charge in [0, 0.05) is 43.1 Å². The Morgan fingerprint density at radius 1 is 0.255 bits per heavy atom. The summed E-state index contributed by atoms with van der Waals surface area (Å²) in [7, 11) is 0. The molecular weight excluding hydrogens is 1140 g/mol. The third kappa shape index (κ3) is 10.2. The lowest BCUT2D eigenvalue weighted by atomic mass is 9.85. The molecule has 13 rings (SSSR count). The molecule has 4 aromatic heterocycles. The van der Waals surface area contributed by atoms with E-state index in [1.54, 1.807) is 0 Å². The number of fused-ring (bicyclic) bond motifs is 12. The summed E-state index contributed by atoms with van der Waals surface area (Å²) >= 11 is 0. The van der Waals surface area contributed by atoms with Crippen molar-refractivity contribution in [3.05, 3.63) is 207 Å². The quantitative estimate of drug-likeness (QED) is 0.162. The molecule has 0 bridgehead atoms. The van der Waals surface area contributed by atoms with Gasteiger partial charge < -0.3 is 18.3 Å². The lowest BCUT2D eigenvalue weighted by Gasteiger charge is -2.28. The summed E-state index contributed by atoms with van der Waals surface area (Å²) in [4.78, 5) is 4.87. The van der Waals surface area contributed by atoms with E-state index in [1.165, 1.54) is 44.5 Å². The van der Waals surface area contributed by atoms with Crippen molar-refractivity contribution >= 4 is 92.9 Å². The average Bonchev–Trinajstić information content (AvgIpc) is 1.48. The second-order valence-corrected chi connectivity index (χ2v) is 35.5. The topological polar surface area (TPSA) is 47.9 Å². The SMILES string of the molecule is [C-]#[N+]c1c(C#N)c(-n2c3ccc(C(C)(C)C)cc3c3cc(C(C)(C)C)ccc32)c(-n2c3ccc(C(C)(C)C)cc3c3cc(C(C)(C)C)ccc32)c(-n2c3ccc(C(C)(C)C)cc3c3cc(C(C)(C)C)ccc32)c1-n1c2ccc(C(C)(C)C)cc2c2cc(C(C)(C)C)ccc21. The fraction of sp³-hybridized carbons (Fsp3) is 0.364. The minimum Gasteiger partial charge on any atom is -0.317 e. The molecule has 0 saturated heterocycles. The van der Waals surface area contributed by atoms with Gasteiger partial charge in [0.25, 0.3) is 0 Å². The standard InChI is InChI=1S/C88H96N6/c1-81(2,3)51-26-34-68-59(42-51)60-43-52(82(4,5)6)27-35-69(60)91(68)77-67(50-89)76(90-25)78(92-70-36-28-53(83(7,8)9)44-61(70)62-45-54(84(10,11)12)29-37-71(62)92)80(94-74-40-32-57(87(19,20)21)48-65(74)66-49-58(88(22,23)24)33-41-75(66)94)79(77)93-72-38-30-55(85(13,14)15)46-63(72)64-47-56(86(16,17)18)31-39-73(64)93/h26-49H,1-24H3. The molecule has 0 aliphatic rings. The van der Waals surface area contributed by atoms with Gasteiger partial charge in [0.1, 0.15) is 0 Å². The van der Waals surface area contributed by atoms with Crippen LogP contribution in [-0.2, 0) is 43.3 Å². The van der Waals surface area contributed by atoms with Gasteiger partial charge in [0.15, 0.2) is 0 Å². The second kappa shape index (κ2) is 20.8.